The zero-order chi connectivity index (χ0) is 21.4. The fraction of sp³-hybridized carbons (Fsp3) is 0.524. The number of thioether (sulfide) groups is 1. The molecule has 2 aliphatic rings. The summed E-state index contributed by atoms with van der Waals surface area (Å²) in [5.74, 6) is -3.10. The Bertz CT molecular complexity index is 866. The number of aromatic nitrogens is 2. The third-order valence-electron chi connectivity index (χ3n) is 4.85. The van der Waals surface area contributed by atoms with E-state index in [0.29, 0.717) is 5.75 Å². The van der Waals surface area contributed by atoms with Gasteiger partial charge in [0.2, 0.25) is 5.88 Å². The summed E-state index contributed by atoms with van der Waals surface area (Å²) in [7, 11) is 0. The molecule has 2 saturated heterocycles. The number of hydrogen-bond donors (Lipinski definition) is 0. The van der Waals surface area contributed by atoms with Crippen molar-refractivity contribution in [2.75, 3.05) is 12.4 Å². The summed E-state index contributed by atoms with van der Waals surface area (Å²) >= 11 is 1.58. The van der Waals surface area contributed by atoms with Gasteiger partial charge in [-0.1, -0.05) is 12.1 Å². The van der Waals surface area contributed by atoms with Gasteiger partial charge in [0.1, 0.15) is 17.9 Å². The minimum absolute atomic E-state index is 0.107. The molecule has 0 unspecified atom stereocenters. The normalized spacial score (nSPS) is 28.2. The molecule has 2 aromatic rings. The number of ether oxygens (including phenoxy) is 4. The molecule has 0 bridgehead atoms. The first-order valence-electron chi connectivity index (χ1n) is 9.74. The van der Waals surface area contributed by atoms with Crippen LogP contribution in [0, 0.1) is 0 Å². The van der Waals surface area contributed by atoms with E-state index in [1.807, 2.05) is 32.0 Å². The lowest BCUT2D eigenvalue weighted by Gasteiger charge is -2.36. The standard InChI is InChI=1S/C21H24F2N2O4S/c1-20(2)28-18-13(27-16-8-6-7-15(25-16)21(3,22)23)11-26-14(19(18)29-20)12-30-17-9-4-5-10-24-17/h4-10,13-14,18-19H,11-12H2,1-3H3/t13-,14+,18+,19-/m0/s1. The van der Waals surface area contributed by atoms with Gasteiger partial charge in [0.15, 0.2) is 11.9 Å². The maximum Gasteiger partial charge on any atom is 0.287 e. The fourth-order valence-electron chi connectivity index (χ4n) is 3.52. The van der Waals surface area contributed by atoms with E-state index in [9.17, 15) is 8.78 Å². The SMILES string of the molecule is CC1(C)O[C@@H]2[C@H](O1)[C@@H](Oc1cccc(C(C)(F)F)n1)CO[C@@H]2CSc1ccccn1. The van der Waals surface area contributed by atoms with Crippen molar-refractivity contribution in [1.29, 1.82) is 0 Å². The highest BCUT2D eigenvalue weighted by atomic mass is 32.2. The number of nitrogens with zero attached hydrogens (tertiary/aromatic N) is 2. The third kappa shape index (κ3) is 4.91. The number of halogens is 2. The predicted molar refractivity (Wildman–Crippen MR) is 107 cm³/mol. The molecule has 4 heterocycles. The molecule has 4 rings (SSSR count). The van der Waals surface area contributed by atoms with Gasteiger partial charge in [0, 0.05) is 24.9 Å². The molecule has 0 amide bonds. The zero-order valence-electron chi connectivity index (χ0n) is 17.0. The molecule has 0 aliphatic carbocycles. The van der Waals surface area contributed by atoms with Gasteiger partial charge in [-0.25, -0.2) is 9.97 Å². The first kappa shape index (κ1) is 21.4. The van der Waals surface area contributed by atoms with E-state index in [4.69, 9.17) is 18.9 Å². The average Bonchev–Trinajstić information content (AvgIpc) is 3.03. The molecule has 0 N–H and O–H groups in total. The van der Waals surface area contributed by atoms with Gasteiger partial charge in [-0.15, -0.1) is 11.8 Å². The summed E-state index contributed by atoms with van der Waals surface area (Å²) < 4.78 is 51.4. The number of hydrogen-bond acceptors (Lipinski definition) is 7. The van der Waals surface area contributed by atoms with Crippen LogP contribution in [0.4, 0.5) is 8.78 Å². The summed E-state index contributed by atoms with van der Waals surface area (Å²) in [5.41, 5.74) is -0.346. The molecule has 4 atom stereocenters. The van der Waals surface area contributed by atoms with Crippen LogP contribution < -0.4 is 4.74 Å². The van der Waals surface area contributed by atoms with Gasteiger partial charge in [0.25, 0.3) is 5.92 Å². The van der Waals surface area contributed by atoms with Crippen LogP contribution in [-0.2, 0) is 20.1 Å². The molecule has 30 heavy (non-hydrogen) atoms. The summed E-state index contributed by atoms with van der Waals surface area (Å²) in [6, 6.07) is 10.1. The van der Waals surface area contributed by atoms with Crippen molar-refractivity contribution in [3.63, 3.8) is 0 Å². The van der Waals surface area contributed by atoms with Crippen LogP contribution in [0.5, 0.6) is 5.88 Å². The summed E-state index contributed by atoms with van der Waals surface area (Å²) in [6.45, 7) is 4.71. The highest BCUT2D eigenvalue weighted by Crippen LogP contribution is 2.38. The maximum atomic E-state index is 13.6. The summed E-state index contributed by atoms with van der Waals surface area (Å²) in [5, 5.41) is 0.899. The second-order valence-electron chi connectivity index (χ2n) is 7.82. The largest absolute Gasteiger partial charge is 0.469 e. The van der Waals surface area contributed by atoms with Gasteiger partial charge >= 0.3 is 0 Å². The van der Waals surface area contributed by atoms with Gasteiger partial charge in [-0.3, -0.25) is 0 Å². The van der Waals surface area contributed by atoms with Crippen molar-refractivity contribution < 1.29 is 27.7 Å². The molecule has 0 spiro atoms. The molecular weight excluding hydrogens is 414 g/mol. The van der Waals surface area contributed by atoms with Crippen LogP contribution in [0.25, 0.3) is 0 Å². The van der Waals surface area contributed by atoms with Crippen molar-refractivity contribution in [3.8, 4) is 5.88 Å². The average molecular weight is 438 g/mol. The zero-order valence-corrected chi connectivity index (χ0v) is 17.8. The molecule has 2 fully saturated rings. The second kappa shape index (κ2) is 8.37. The molecule has 0 aromatic carbocycles. The van der Waals surface area contributed by atoms with Crippen molar-refractivity contribution in [2.45, 2.75) is 61.9 Å². The first-order chi connectivity index (χ1) is 14.2. The lowest BCUT2D eigenvalue weighted by Crippen LogP contribution is -2.54. The van der Waals surface area contributed by atoms with Gasteiger partial charge in [0.05, 0.1) is 17.7 Å². The van der Waals surface area contributed by atoms with Crippen LogP contribution in [0.3, 0.4) is 0 Å². The molecule has 2 aromatic heterocycles. The van der Waals surface area contributed by atoms with E-state index in [-0.39, 0.29) is 30.4 Å². The Balaban J connectivity index is 1.47. The van der Waals surface area contributed by atoms with E-state index in [0.717, 1.165) is 11.9 Å². The van der Waals surface area contributed by atoms with Crippen LogP contribution in [0.15, 0.2) is 47.6 Å². The molecular formula is C21H24F2N2O4S. The minimum Gasteiger partial charge on any atom is -0.469 e. The van der Waals surface area contributed by atoms with E-state index < -0.39 is 23.9 Å². The smallest absolute Gasteiger partial charge is 0.287 e. The number of alkyl halides is 2. The molecule has 162 valence electrons. The van der Waals surface area contributed by atoms with Crippen LogP contribution in [0.2, 0.25) is 0 Å². The van der Waals surface area contributed by atoms with E-state index in [2.05, 4.69) is 9.97 Å². The van der Waals surface area contributed by atoms with Gasteiger partial charge in [-0.05, 0) is 32.0 Å². The highest BCUT2D eigenvalue weighted by molar-refractivity contribution is 7.99. The number of pyridine rings is 2. The number of fused-ring (bicyclic) bond motifs is 1. The van der Waals surface area contributed by atoms with Gasteiger partial charge in [-0.2, -0.15) is 8.78 Å². The first-order valence-corrected chi connectivity index (χ1v) is 10.7. The summed E-state index contributed by atoms with van der Waals surface area (Å²) in [4.78, 5) is 8.26. The molecule has 6 nitrogen and oxygen atoms in total. The van der Waals surface area contributed by atoms with Crippen molar-refractivity contribution >= 4 is 11.8 Å². The molecule has 0 saturated carbocycles. The Morgan fingerprint density at radius 1 is 1.17 bits per heavy atom. The highest BCUT2D eigenvalue weighted by Gasteiger charge is 2.53. The fourth-order valence-corrected chi connectivity index (χ4v) is 4.46. The molecule has 2 aliphatic heterocycles. The molecule has 0 radical (unpaired) electrons. The predicted octanol–water partition coefficient (Wildman–Crippen LogP) is 4.05. The van der Waals surface area contributed by atoms with Crippen molar-refractivity contribution in [3.05, 3.63) is 48.3 Å². The Morgan fingerprint density at radius 2 is 1.97 bits per heavy atom. The lowest BCUT2D eigenvalue weighted by atomic mass is 10.0. The lowest BCUT2D eigenvalue weighted by molar-refractivity contribution is -0.152. The van der Waals surface area contributed by atoms with E-state index >= 15 is 0 Å². The van der Waals surface area contributed by atoms with Crippen LogP contribution >= 0.6 is 11.8 Å². The monoisotopic (exact) mass is 438 g/mol. The second-order valence-corrected chi connectivity index (χ2v) is 8.86. The van der Waals surface area contributed by atoms with Crippen LogP contribution in [0.1, 0.15) is 26.5 Å². The summed E-state index contributed by atoms with van der Waals surface area (Å²) in [6.07, 6.45) is 0.237. The topological polar surface area (TPSA) is 62.7 Å². The minimum atomic E-state index is -3.05. The van der Waals surface area contributed by atoms with Crippen molar-refractivity contribution in [1.82, 2.24) is 9.97 Å². The van der Waals surface area contributed by atoms with Gasteiger partial charge < -0.3 is 18.9 Å². The van der Waals surface area contributed by atoms with E-state index in [1.54, 1.807) is 24.0 Å². The number of rotatable bonds is 6. The molecule has 9 heteroatoms. The van der Waals surface area contributed by atoms with Crippen LogP contribution in [-0.4, -0.2) is 52.5 Å². The van der Waals surface area contributed by atoms with Crippen molar-refractivity contribution in [2.24, 2.45) is 0 Å². The van der Waals surface area contributed by atoms with E-state index in [1.165, 1.54) is 12.1 Å². The Kier molecular flexibility index (Phi) is 5.98. The Labute approximate surface area is 178 Å². The Morgan fingerprint density at radius 3 is 2.70 bits per heavy atom. The maximum absolute atomic E-state index is 13.6. The third-order valence-corrected chi connectivity index (χ3v) is 5.88. The Hall–Kier alpha value is -1.81. The quantitative estimate of drug-likeness (QED) is 0.631.